The zero-order chi connectivity index (χ0) is 11.3. The minimum absolute atomic E-state index is 0.0798. The summed E-state index contributed by atoms with van der Waals surface area (Å²) in [5.74, 6) is 0. The van der Waals surface area contributed by atoms with Gasteiger partial charge in [0.1, 0.15) is 0 Å². The third-order valence-electron chi connectivity index (χ3n) is 2.83. The van der Waals surface area contributed by atoms with Crippen LogP contribution in [0.15, 0.2) is 12.7 Å². The number of ether oxygens (including phenoxy) is 2. The van der Waals surface area contributed by atoms with Crippen LogP contribution in [-0.2, 0) is 9.47 Å². The Labute approximate surface area is 92.1 Å². The molecule has 1 heterocycles. The van der Waals surface area contributed by atoms with E-state index in [0.29, 0.717) is 0 Å². The molecule has 1 fully saturated rings. The van der Waals surface area contributed by atoms with Crippen LogP contribution in [0.25, 0.3) is 0 Å². The van der Waals surface area contributed by atoms with E-state index in [-0.39, 0.29) is 24.4 Å². The van der Waals surface area contributed by atoms with Gasteiger partial charge in [0.15, 0.2) is 6.29 Å². The highest BCUT2D eigenvalue weighted by atomic mass is 16.7. The molecule has 0 saturated carbocycles. The first kappa shape index (κ1) is 12.7. The Morgan fingerprint density at radius 1 is 1.60 bits per heavy atom. The first-order valence-corrected chi connectivity index (χ1v) is 5.60. The molecule has 1 aliphatic rings. The van der Waals surface area contributed by atoms with Crippen molar-refractivity contribution in [2.75, 3.05) is 13.2 Å². The molecule has 15 heavy (non-hydrogen) atoms. The van der Waals surface area contributed by atoms with Gasteiger partial charge >= 0.3 is 0 Å². The van der Waals surface area contributed by atoms with Crippen molar-refractivity contribution in [3.63, 3.8) is 0 Å². The van der Waals surface area contributed by atoms with Crippen LogP contribution in [0.5, 0.6) is 0 Å². The first-order chi connectivity index (χ1) is 7.10. The zero-order valence-corrected chi connectivity index (χ0v) is 9.74. The number of rotatable bonds is 5. The topological polar surface area (TPSA) is 38.7 Å². The second-order valence-electron chi connectivity index (χ2n) is 4.74. The standard InChI is InChI=1S/C12H22O3/c1-4-10(12(2,3)9-13)15-11-7-5-6-8-14-11/h4,10-11,13H,1,5-9H2,2-3H3/t10-,11-/m0/s1. The monoisotopic (exact) mass is 214 g/mol. The summed E-state index contributed by atoms with van der Waals surface area (Å²) in [6, 6.07) is 0. The fourth-order valence-electron chi connectivity index (χ4n) is 1.63. The summed E-state index contributed by atoms with van der Waals surface area (Å²) in [5, 5.41) is 9.26. The molecule has 1 saturated heterocycles. The molecule has 1 rings (SSSR count). The molecular formula is C12H22O3. The van der Waals surface area contributed by atoms with E-state index in [1.54, 1.807) is 6.08 Å². The third-order valence-corrected chi connectivity index (χ3v) is 2.83. The summed E-state index contributed by atoms with van der Waals surface area (Å²) in [6.45, 7) is 8.52. The molecular weight excluding hydrogens is 192 g/mol. The van der Waals surface area contributed by atoms with Gasteiger partial charge in [0, 0.05) is 12.0 Å². The Balaban J connectivity index is 2.48. The van der Waals surface area contributed by atoms with Crippen molar-refractivity contribution in [3.8, 4) is 0 Å². The van der Waals surface area contributed by atoms with Gasteiger partial charge in [-0.1, -0.05) is 19.9 Å². The Morgan fingerprint density at radius 2 is 2.33 bits per heavy atom. The molecule has 0 unspecified atom stereocenters. The molecule has 0 radical (unpaired) electrons. The Kier molecular flexibility index (Phi) is 4.77. The quantitative estimate of drug-likeness (QED) is 0.712. The maximum absolute atomic E-state index is 9.26. The van der Waals surface area contributed by atoms with Crippen molar-refractivity contribution in [1.29, 1.82) is 0 Å². The van der Waals surface area contributed by atoms with Crippen molar-refractivity contribution in [2.24, 2.45) is 5.41 Å². The summed E-state index contributed by atoms with van der Waals surface area (Å²) in [6.07, 6.45) is 4.65. The predicted octanol–water partition coefficient (Wildman–Crippen LogP) is 2.10. The van der Waals surface area contributed by atoms with Gasteiger partial charge in [0.05, 0.1) is 12.7 Å². The van der Waals surface area contributed by atoms with Crippen LogP contribution in [0.1, 0.15) is 33.1 Å². The van der Waals surface area contributed by atoms with E-state index in [2.05, 4.69) is 6.58 Å². The first-order valence-electron chi connectivity index (χ1n) is 5.60. The van der Waals surface area contributed by atoms with Crippen LogP contribution >= 0.6 is 0 Å². The van der Waals surface area contributed by atoms with Crippen molar-refractivity contribution < 1.29 is 14.6 Å². The molecule has 2 atom stereocenters. The minimum Gasteiger partial charge on any atom is -0.396 e. The van der Waals surface area contributed by atoms with Crippen LogP contribution in [0, 0.1) is 5.41 Å². The van der Waals surface area contributed by atoms with E-state index < -0.39 is 0 Å². The average Bonchev–Trinajstić information content (AvgIpc) is 2.27. The maximum Gasteiger partial charge on any atom is 0.158 e. The van der Waals surface area contributed by atoms with Crippen LogP contribution in [0.3, 0.4) is 0 Å². The molecule has 88 valence electrons. The molecule has 0 amide bonds. The largest absolute Gasteiger partial charge is 0.396 e. The number of aliphatic hydroxyl groups excluding tert-OH is 1. The highest BCUT2D eigenvalue weighted by molar-refractivity contribution is 4.92. The lowest BCUT2D eigenvalue weighted by Gasteiger charge is -2.34. The molecule has 0 aromatic rings. The van der Waals surface area contributed by atoms with Gasteiger partial charge in [0.25, 0.3) is 0 Å². The Bertz CT molecular complexity index is 195. The van der Waals surface area contributed by atoms with Gasteiger partial charge in [-0.05, 0) is 19.3 Å². The molecule has 1 aliphatic heterocycles. The predicted molar refractivity (Wildman–Crippen MR) is 59.5 cm³/mol. The molecule has 0 aliphatic carbocycles. The molecule has 0 aromatic carbocycles. The second kappa shape index (κ2) is 5.64. The molecule has 1 N–H and O–H groups in total. The summed E-state index contributed by atoms with van der Waals surface area (Å²) in [7, 11) is 0. The van der Waals surface area contributed by atoms with Gasteiger partial charge in [-0.25, -0.2) is 0 Å². The summed E-state index contributed by atoms with van der Waals surface area (Å²) in [5.41, 5.74) is -0.303. The zero-order valence-electron chi connectivity index (χ0n) is 9.74. The second-order valence-corrected chi connectivity index (χ2v) is 4.74. The minimum atomic E-state index is -0.303. The summed E-state index contributed by atoms with van der Waals surface area (Å²) in [4.78, 5) is 0. The van der Waals surface area contributed by atoms with Crippen LogP contribution < -0.4 is 0 Å². The van der Waals surface area contributed by atoms with E-state index in [9.17, 15) is 5.11 Å². The normalized spacial score (nSPS) is 24.9. The maximum atomic E-state index is 9.26. The van der Waals surface area contributed by atoms with Gasteiger partial charge in [-0.2, -0.15) is 0 Å². The highest BCUT2D eigenvalue weighted by Gasteiger charge is 2.30. The molecule has 3 nitrogen and oxygen atoms in total. The van der Waals surface area contributed by atoms with Crippen molar-refractivity contribution in [1.82, 2.24) is 0 Å². The highest BCUT2D eigenvalue weighted by Crippen LogP contribution is 2.27. The van der Waals surface area contributed by atoms with Crippen LogP contribution in [0.2, 0.25) is 0 Å². The van der Waals surface area contributed by atoms with Crippen LogP contribution in [-0.4, -0.2) is 30.7 Å². The van der Waals surface area contributed by atoms with Crippen molar-refractivity contribution >= 4 is 0 Å². The number of hydrogen-bond donors (Lipinski definition) is 1. The average molecular weight is 214 g/mol. The smallest absolute Gasteiger partial charge is 0.158 e. The Hall–Kier alpha value is -0.380. The lowest BCUT2D eigenvalue weighted by atomic mass is 9.87. The van der Waals surface area contributed by atoms with E-state index in [1.807, 2.05) is 13.8 Å². The van der Waals surface area contributed by atoms with Crippen molar-refractivity contribution in [2.45, 2.75) is 45.5 Å². The van der Waals surface area contributed by atoms with Gasteiger partial charge in [-0.3, -0.25) is 0 Å². The van der Waals surface area contributed by atoms with Gasteiger partial charge < -0.3 is 14.6 Å². The van der Waals surface area contributed by atoms with Crippen molar-refractivity contribution in [3.05, 3.63) is 12.7 Å². The molecule has 0 aromatic heterocycles. The van der Waals surface area contributed by atoms with Gasteiger partial charge in [-0.15, -0.1) is 6.58 Å². The third kappa shape index (κ3) is 3.59. The lowest BCUT2D eigenvalue weighted by Crippen LogP contribution is -2.38. The summed E-state index contributed by atoms with van der Waals surface area (Å²) >= 11 is 0. The molecule has 3 heteroatoms. The van der Waals surface area contributed by atoms with E-state index in [4.69, 9.17) is 9.47 Å². The van der Waals surface area contributed by atoms with E-state index >= 15 is 0 Å². The Morgan fingerprint density at radius 3 is 2.80 bits per heavy atom. The lowest BCUT2D eigenvalue weighted by molar-refractivity contribution is -0.200. The fourth-order valence-corrected chi connectivity index (χ4v) is 1.63. The number of hydrogen-bond acceptors (Lipinski definition) is 3. The fraction of sp³-hybridized carbons (Fsp3) is 0.833. The van der Waals surface area contributed by atoms with E-state index in [0.717, 1.165) is 25.9 Å². The summed E-state index contributed by atoms with van der Waals surface area (Å²) < 4.78 is 11.3. The van der Waals surface area contributed by atoms with Crippen LogP contribution in [0.4, 0.5) is 0 Å². The van der Waals surface area contributed by atoms with Gasteiger partial charge in [0.2, 0.25) is 0 Å². The molecule has 0 bridgehead atoms. The van der Waals surface area contributed by atoms with E-state index in [1.165, 1.54) is 0 Å². The number of aliphatic hydroxyl groups is 1. The SMILES string of the molecule is C=C[C@H](O[C@H]1CCCCO1)C(C)(C)CO. The molecule has 0 spiro atoms.